The highest BCUT2D eigenvalue weighted by Gasteiger charge is 2.08. The van der Waals surface area contributed by atoms with E-state index in [-0.39, 0.29) is 0 Å². The highest BCUT2D eigenvalue weighted by molar-refractivity contribution is 6.50. The molecule has 1 nitrogen and oxygen atoms in total. The third-order valence-corrected chi connectivity index (χ3v) is 5.04. The molecule has 1 heterocycles. The van der Waals surface area contributed by atoms with Gasteiger partial charge in [0.2, 0.25) is 0 Å². The lowest BCUT2D eigenvalue weighted by Crippen LogP contribution is -2.18. The Hall–Kier alpha value is -0.386. The second-order valence-corrected chi connectivity index (χ2v) is 7.52. The topological polar surface area (TPSA) is 9.23 Å². The first-order valence-electron chi connectivity index (χ1n) is 5.42. The minimum atomic E-state index is -0.595. The molecule has 0 radical (unpaired) electrons. The van der Waals surface area contributed by atoms with Crippen molar-refractivity contribution in [1.82, 2.24) is 0 Å². The zero-order chi connectivity index (χ0) is 10.2. The van der Waals surface area contributed by atoms with Crippen LogP contribution in [0.4, 0.5) is 0 Å². The molecule has 1 unspecified atom stereocenters. The van der Waals surface area contributed by atoms with E-state index in [0.29, 0.717) is 0 Å². The minimum Gasteiger partial charge on any atom is -0.420 e. The number of benzene rings is 1. The smallest absolute Gasteiger partial charge is 0.173 e. The van der Waals surface area contributed by atoms with Crippen molar-refractivity contribution in [3.63, 3.8) is 0 Å². The molecule has 0 spiro atoms. The Labute approximate surface area is 91.6 Å². The number of rotatable bonds is 0. The van der Waals surface area contributed by atoms with Crippen molar-refractivity contribution >= 4 is 24.5 Å². The molecule has 0 saturated carbocycles. The van der Waals surface area contributed by atoms with Gasteiger partial charge < -0.3 is 4.43 Å². The van der Waals surface area contributed by atoms with Gasteiger partial charge in [0.15, 0.2) is 9.04 Å². The molecule has 0 aliphatic carbocycles. The fourth-order valence-electron chi connectivity index (χ4n) is 1.44. The highest BCUT2D eigenvalue weighted by atomic mass is 28.3. The molecule has 0 bridgehead atoms. The van der Waals surface area contributed by atoms with Crippen molar-refractivity contribution in [2.24, 2.45) is 0 Å². The van der Waals surface area contributed by atoms with Crippen LogP contribution < -0.4 is 5.19 Å². The molecule has 0 amide bonds. The summed E-state index contributed by atoms with van der Waals surface area (Å²) in [6.07, 6.45) is 2.73. The zero-order valence-electron chi connectivity index (χ0n) is 9.20. The van der Waals surface area contributed by atoms with E-state index in [9.17, 15) is 0 Å². The summed E-state index contributed by atoms with van der Waals surface area (Å²) in [6.45, 7) is 3.33. The van der Waals surface area contributed by atoms with E-state index in [0.717, 1.165) is 6.61 Å². The molecule has 1 saturated heterocycles. The van der Waals surface area contributed by atoms with E-state index < -0.39 is 9.04 Å². The fourth-order valence-corrected chi connectivity index (χ4v) is 3.42. The molecular weight excluding hydrogens is 204 g/mol. The normalized spacial score (nSPS) is 21.1. The molecular formula is C11H20OSi2. The third kappa shape index (κ3) is 5.37. The SMILES string of the molecule is C[SiH]1CCCCO1.[SiH3]c1ccccc1. The monoisotopic (exact) mass is 224 g/mol. The largest absolute Gasteiger partial charge is 0.420 e. The summed E-state index contributed by atoms with van der Waals surface area (Å²) in [5.74, 6) is 0. The zero-order valence-corrected chi connectivity index (χ0v) is 12.4. The molecule has 0 aromatic heterocycles. The Morgan fingerprint density at radius 1 is 1.21 bits per heavy atom. The Morgan fingerprint density at radius 3 is 2.21 bits per heavy atom. The van der Waals surface area contributed by atoms with Crippen LogP contribution in [0, 0.1) is 0 Å². The second-order valence-electron chi connectivity index (χ2n) is 3.83. The summed E-state index contributed by atoms with van der Waals surface area (Å²) in [7, 11) is 0.579. The van der Waals surface area contributed by atoms with Crippen molar-refractivity contribution < 1.29 is 4.43 Å². The van der Waals surface area contributed by atoms with Crippen molar-refractivity contribution in [3.05, 3.63) is 30.3 Å². The first-order chi connectivity index (χ1) is 6.79. The maximum Gasteiger partial charge on any atom is 0.173 e. The Kier molecular flexibility index (Phi) is 5.83. The second kappa shape index (κ2) is 6.98. The summed E-state index contributed by atoms with van der Waals surface area (Å²) >= 11 is 0. The summed E-state index contributed by atoms with van der Waals surface area (Å²) in [5.41, 5.74) is 0. The molecule has 2 rings (SSSR count). The van der Waals surface area contributed by atoms with Crippen LogP contribution in [-0.2, 0) is 4.43 Å². The van der Waals surface area contributed by atoms with Crippen LogP contribution in [0.25, 0.3) is 0 Å². The summed E-state index contributed by atoms with van der Waals surface area (Å²) in [5, 5.41) is 1.46. The van der Waals surface area contributed by atoms with Crippen LogP contribution in [0.15, 0.2) is 30.3 Å². The van der Waals surface area contributed by atoms with Crippen LogP contribution in [0.1, 0.15) is 12.8 Å². The Balaban J connectivity index is 0.000000140. The fraction of sp³-hybridized carbons (Fsp3) is 0.455. The van der Waals surface area contributed by atoms with Crippen LogP contribution in [0.5, 0.6) is 0 Å². The van der Waals surface area contributed by atoms with Gasteiger partial charge >= 0.3 is 0 Å². The van der Waals surface area contributed by atoms with Gasteiger partial charge in [-0.1, -0.05) is 41.9 Å². The maximum atomic E-state index is 5.42. The van der Waals surface area contributed by atoms with E-state index in [1.165, 1.54) is 34.3 Å². The molecule has 1 aliphatic heterocycles. The standard InChI is InChI=1S/C6H8Si.C5H12OSi/c7-6-4-2-1-3-5-6;1-7-5-3-2-4-6-7/h1-5H,7H3;7H,2-5H2,1H3. The van der Waals surface area contributed by atoms with Gasteiger partial charge in [-0.05, 0) is 19.0 Å². The first kappa shape index (κ1) is 11.7. The maximum absolute atomic E-state index is 5.42. The molecule has 1 aliphatic rings. The van der Waals surface area contributed by atoms with Crippen molar-refractivity contribution in [2.75, 3.05) is 6.61 Å². The van der Waals surface area contributed by atoms with E-state index in [1.54, 1.807) is 0 Å². The van der Waals surface area contributed by atoms with Gasteiger partial charge in [-0.2, -0.15) is 0 Å². The van der Waals surface area contributed by atoms with E-state index in [2.05, 4.69) is 30.8 Å². The van der Waals surface area contributed by atoms with E-state index in [1.807, 2.05) is 6.07 Å². The van der Waals surface area contributed by atoms with Crippen LogP contribution in [-0.4, -0.2) is 25.9 Å². The predicted molar refractivity (Wildman–Crippen MR) is 69.0 cm³/mol. The lowest BCUT2D eigenvalue weighted by atomic mass is 10.4. The van der Waals surface area contributed by atoms with E-state index in [4.69, 9.17) is 4.43 Å². The molecule has 1 atom stereocenters. The molecule has 1 aromatic carbocycles. The van der Waals surface area contributed by atoms with Gasteiger partial charge in [0.05, 0.1) is 0 Å². The Bertz CT molecular complexity index is 232. The molecule has 78 valence electrons. The number of hydrogen-bond donors (Lipinski definition) is 0. The summed E-state index contributed by atoms with van der Waals surface area (Å²) in [6, 6.07) is 11.9. The van der Waals surface area contributed by atoms with Crippen molar-refractivity contribution in [1.29, 1.82) is 0 Å². The quantitative estimate of drug-likeness (QED) is 0.593. The van der Waals surface area contributed by atoms with Gasteiger partial charge in [0.25, 0.3) is 0 Å². The van der Waals surface area contributed by atoms with Crippen molar-refractivity contribution in [2.45, 2.75) is 25.4 Å². The molecule has 0 N–H and O–H groups in total. The lowest BCUT2D eigenvalue weighted by molar-refractivity contribution is 0.291. The van der Waals surface area contributed by atoms with Gasteiger partial charge in [0, 0.05) is 16.8 Å². The lowest BCUT2D eigenvalue weighted by Gasteiger charge is -2.16. The number of hydrogen-bond acceptors (Lipinski definition) is 1. The summed E-state index contributed by atoms with van der Waals surface area (Å²) in [4.78, 5) is 0. The molecule has 3 heteroatoms. The first-order valence-corrected chi connectivity index (χ1v) is 8.86. The van der Waals surface area contributed by atoms with Gasteiger partial charge in [-0.25, -0.2) is 0 Å². The third-order valence-electron chi connectivity index (χ3n) is 2.35. The summed E-state index contributed by atoms with van der Waals surface area (Å²) < 4.78 is 5.42. The van der Waals surface area contributed by atoms with Gasteiger partial charge in [0.1, 0.15) is 0 Å². The van der Waals surface area contributed by atoms with Crippen molar-refractivity contribution in [3.8, 4) is 0 Å². The van der Waals surface area contributed by atoms with Crippen LogP contribution in [0.2, 0.25) is 12.6 Å². The van der Waals surface area contributed by atoms with Crippen LogP contribution in [0.3, 0.4) is 0 Å². The average molecular weight is 224 g/mol. The molecule has 1 fully saturated rings. The van der Waals surface area contributed by atoms with E-state index >= 15 is 0 Å². The molecule has 1 aromatic rings. The predicted octanol–water partition coefficient (Wildman–Crippen LogP) is 0.828. The van der Waals surface area contributed by atoms with Gasteiger partial charge in [-0.15, -0.1) is 0 Å². The average Bonchev–Trinajstić information content (AvgIpc) is 2.21. The van der Waals surface area contributed by atoms with Crippen LogP contribution >= 0.6 is 0 Å². The molecule has 14 heavy (non-hydrogen) atoms. The Morgan fingerprint density at radius 2 is 1.93 bits per heavy atom. The highest BCUT2D eigenvalue weighted by Crippen LogP contribution is 2.09. The van der Waals surface area contributed by atoms with Gasteiger partial charge in [-0.3, -0.25) is 0 Å². The minimum absolute atomic E-state index is 0.595.